The molecule has 1 fully saturated rings. The van der Waals surface area contributed by atoms with Gasteiger partial charge in [0.25, 0.3) is 5.69 Å². The maximum absolute atomic E-state index is 11.1. The van der Waals surface area contributed by atoms with Gasteiger partial charge in [0.2, 0.25) is 0 Å². The molecule has 6 heteroatoms. The number of aryl methyl sites for hydroxylation is 1. The molecule has 6 nitrogen and oxygen atoms in total. The Labute approximate surface area is 115 Å². The lowest BCUT2D eigenvalue weighted by atomic mass is 9.89. The summed E-state index contributed by atoms with van der Waals surface area (Å²) in [6, 6.07) is 5.30. The van der Waals surface area contributed by atoms with E-state index in [0.717, 1.165) is 16.8 Å². The summed E-state index contributed by atoms with van der Waals surface area (Å²) in [5, 5.41) is 25.1. The van der Waals surface area contributed by atoms with E-state index in [-0.39, 0.29) is 17.8 Å². The number of nitro groups is 1. The van der Waals surface area contributed by atoms with Crippen LogP contribution in [0.15, 0.2) is 24.4 Å². The molecular weight excluding hydrogens is 258 g/mol. The number of non-ortho nitro benzene ring substituents is 1. The van der Waals surface area contributed by atoms with Crippen LogP contribution in [0.25, 0.3) is 10.8 Å². The van der Waals surface area contributed by atoms with Gasteiger partial charge in [-0.05, 0) is 31.9 Å². The molecule has 1 aromatic heterocycles. The molecule has 3 rings (SSSR count). The van der Waals surface area contributed by atoms with E-state index in [1.807, 2.05) is 13.0 Å². The SMILES string of the molecule is Cc1cc2c(NC3CC(O)C3)ccc([N+](=O)[O-])c2cn1. The molecular formula is C14H15N3O3. The highest BCUT2D eigenvalue weighted by atomic mass is 16.6. The topological polar surface area (TPSA) is 88.3 Å². The maximum Gasteiger partial charge on any atom is 0.278 e. The molecule has 0 bridgehead atoms. The second-order valence-corrected chi connectivity index (χ2v) is 5.23. The van der Waals surface area contributed by atoms with E-state index in [1.165, 1.54) is 6.07 Å². The first kappa shape index (κ1) is 12.8. The van der Waals surface area contributed by atoms with Gasteiger partial charge in [0.05, 0.1) is 16.4 Å². The van der Waals surface area contributed by atoms with Crippen LogP contribution in [0, 0.1) is 17.0 Å². The second-order valence-electron chi connectivity index (χ2n) is 5.23. The minimum atomic E-state index is -0.393. The van der Waals surface area contributed by atoms with Gasteiger partial charge in [-0.25, -0.2) is 0 Å². The van der Waals surface area contributed by atoms with Crippen molar-refractivity contribution in [3.63, 3.8) is 0 Å². The number of rotatable bonds is 3. The summed E-state index contributed by atoms with van der Waals surface area (Å²) in [6.07, 6.45) is 2.73. The Bertz CT molecular complexity index is 681. The van der Waals surface area contributed by atoms with Crippen molar-refractivity contribution >= 4 is 22.1 Å². The maximum atomic E-state index is 11.1. The van der Waals surface area contributed by atoms with Crippen LogP contribution in [-0.4, -0.2) is 27.2 Å². The fourth-order valence-corrected chi connectivity index (χ4v) is 2.54. The quantitative estimate of drug-likeness (QED) is 0.662. The lowest BCUT2D eigenvalue weighted by Crippen LogP contribution is -2.38. The predicted octanol–water partition coefficient (Wildman–Crippen LogP) is 2.39. The number of pyridine rings is 1. The number of aliphatic hydroxyl groups excluding tert-OH is 1. The summed E-state index contributed by atoms with van der Waals surface area (Å²) in [7, 11) is 0. The standard InChI is InChI=1S/C14H15N3O3/c1-8-4-11-12(7-15-8)14(17(19)20)3-2-13(11)16-9-5-10(18)6-9/h2-4,7,9-10,16,18H,5-6H2,1H3. The molecule has 0 unspecified atom stereocenters. The van der Waals surface area contributed by atoms with Gasteiger partial charge in [-0.3, -0.25) is 15.1 Å². The van der Waals surface area contributed by atoms with Crippen molar-refractivity contribution in [3.8, 4) is 0 Å². The number of benzene rings is 1. The monoisotopic (exact) mass is 273 g/mol. The van der Waals surface area contributed by atoms with Crippen LogP contribution in [0.5, 0.6) is 0 Å². The van der Waals surface area contributed by atoms with Gasteiger partial charge in [-0.1, -0.05) is 0 Å². The number of nitro benzene ring substituents is 1. The molecule has 1 heterocycles. The van der Waals surface area contributed by atoms with Crippen molar-refractivity contribution in [1.82, 2.24) is 4.98 Å². The molecule has 0 saturated heterocycles. The third-order valence-electron chi connectivity index (χ3n) is 3.68. The molecule has 104 valence electrons. The molecule has 0 aliphatic heterocycles. The van der Waals surface area contributed by atoms with Crippen LogP contribution >= 0.6 is 0 Å². The van der Waals surface area contributed by atoms with E-state index >= 15 is 0 Å². The highest BCUT2D eigenvalue weighted by molar-refractivity contribution is 5.99. The summed E-state index contributed by atoms with van der Waals surface area (Å²) < 4.78 is 0. The van der Waals surface area contributed by atoms with E-state index < -0.39 is 4.92 Å². The lowest BCUT2D eigenvalue weighted by molar-refractivity contribution is -0.383. The summed E-state index contributed by atoms with van der Waals surface area (Å²) in [5.41, 5.74) is 1.73. The number of nitrogens with one attached hydrogen (secondary N) is 1. The third kappa shape index (κ3) is 2.18. The summed E-state index contributed by atoms with van der Waals surface area (Å²) in [6.45, 7) is 1.86. The summed E-state index contributed by atoms with van der Waals surface area (Å²) in [4.78, 5) is 14.8. The van der Waals surface area contributed by atoms with Crippen molar-refractivity contribution in [1.29, 1.82) is 0 Å². The number of anilines is 1. The lowest BCUT2D eigenvalue weighted by Gasteiger charge is -2.33. The average Bonchev–Trinajstić information content (AvgIpc) is 2.36. The first-order valence-corrected chi connectivity index (χ1v) is 6.53. The molecule has 2 aromatic rings. The molecule has 1 aromatic carbocycles. The number of nitrogens with zero attached hydrogens (tertiary/aromatic N) is 2. The van der Waals surface area contributed by atoms with Gasteiger partial charge < -0.3 is 10.4 Å². The van der Waals surface area contributed by atoms with Crippen LogP contribution in [0.4, 0.5) is 11.4 Å². The molecule has 2 N–H and O–H groups in total. The number of fused-ring (bicyclic) bond motifs is 1. The smallest absolute Gasteiger partial charge is 0.278 e. The van der Waals surface area contributed by atoms with E-state index in [2.05, 4.69) is 10.3 Å². The van der Waals surface area contributed by atoms with Gasteiger partial charge in [0.1, 0.15) is 0 Å². The number of aliphatic hydroxyl groups is 1. The third-order valence-corrected chi connectivity index (χ3v) is 3.68. The summed E-state index contributed by atoms with van der Waals surface area (Å²) in [5.74, 6) is 0. The minimum absolute atomic E-state index is 0.0618. The molecule has 0 atom stereocenters. The van der Waals surface area contributed by atoms with Crippen molar-refractivity contribution in [3.05, 3.63) is 40.2 Å². The molecule has 1 aliphatic rings. The molecule has 20 heavy (non-hydrogen) atoms. The van der Waals surface area contributed by atoms with Gasteiger partial charge in [-0.2, -0.15) is 0 Å². The highest BCUT2D eigenvalue weighted by Gasteiger charge is 2.27. The van der Waals surface area contributed by atoms with E-state index in [9.17, 15) is 15.2 Å². The number of aromatic nitrogens is 1. The molecule has 1 aliphatic carbocycles. The molecule has 0 spiro atoms. The van der Waals surface area contributed by atoms with Crippen molar-refractivity contribution < 1.29 is 10.0 Å². The fraction of sp³-hybridized carbons (Fsp3) is 0.357. The first-order chi connectivity index (χ1) is 9.54. The van der Waals surface area contributed by atoms with Crippen LogP contribution in [0.1, 0.15) is 18.5 Å². The number of hydrogen-bond donors (Lipinski definition) is 2. The Balaban J connectivity index is 2.06. The average molecular weight is 273 g/mol. The predicted molar refractivity (Wildman–Crippen MR) is 75.8 cm³/mol. The molecule has 1 saturated carbocycles. The summed E-state index contributed by atoms with van der Waals surface area (Å²) >= 11 is 0. The van der Waals surface area contributed by atoms with E-state index in [1.54, 1.807) is 12.3 Å². The fourth-order valence-electron chi connectivity index (χ4n) is 2.54. The van der Waals surface area contributed by atoms with Gasteiger partial charge in [-0.15, -0.1) is 0 Å². The van der Waals surface area contributed by atoms with Gasteiger partial charge in [0, 0.05) is 35.1 Å². The van der Waals surface area contributed by atoms with Gasteiger partial charge in [0.15, 0.2) is 0 Å². The van der Waals surface area contributed by atoms with Crippen molar-refractivity contribution in [2.45, 2.75) is 31.9 Å². The van der Waals surface area contributed by atoms with Crippen molar-refractivity contribution in [2.24, 2.45) is 0 Å². The van der Waals surface area contributed by atoms with Crippen molar-refractivity contribution in [2.75, 3.05) is 5.32 Å². The number of hydrogen-bond acceptors (Lipinski definition) is 5. The zero-order valence-corrected chi connectivity index (χ0v) is 11.0. The van der Waals surface area contributed by atoms with E-state index in [4.69, 9.17) is 0 Å². The Hall–Kier alpha value is -2.21. The Morgan fingerprint density at radius 2 is 2.15 bits per heavy atom. The van der Waals surface area contributed by atoms with Crippen LogP contribution in [0.2, 0.25) is 0 Å². The van der Waals surface area contributed by atoms with Crippen LogP contribution < -0.4 is 5.32 Å². The molecule has 0 amide bonds. The van der Waals surface area contributed by atoms with Crippen LogP contribution in [0.3, 0.4) is 0 Å². The largest absolute Gasteiger partial charge is 0.393 e. The first-order valence-electron chi connectivity index (χ1n) is 6.53. The van der Waals surface area contributed by atoms with Gasteiger partial charge >= 0.3 is 0 Å². The normalized spacial score (nSPS) is 21.5. The zero-order chi connectivity index (χ0) is 14.3. The van der Waals surface area contributed by atoms with Crippen LogP contribution in [-0.2, 0) is 0 Å². The Morgan fingerprint density at radius 1 is 1.40 bits per heavy atom. The minimum Gasteiger partial charge on any atom is -0.393 e. The zero-order valence-electron chi connectivity index (χ0n) is 11.0. The Kier molecular flexibility index (Phi) is 3.02. The molecule has 0 radical (unpaired) electrons. The van der Waals surface area contributed by atoms with E-state index in [0.29, 0.717) is 18.2 Å². The highest BCUT2D eigenvalue weighted by Crippen LogP contribution is 2.33. The second kappa shape index (κ2) is 4.72. The Morgan fingerprint density at radius 3 is 2.80 bits per heavy atom.